The van der Waals surface area contributed by atoms with Crippen LogP contribution >= 0.6 is 0 Å². The lowest BCUT2D eigenvalue weighted by molar-refractivity contribution is -0.0577. The molecule has 0 aromatic carbocycles. The molecule has 96 valence electrons. The van der Waals surface area contributed by atoms with Crippen molar-refractivity contribution >= 4 is 0 Å². The van der Waals surface area contributed by atoms with E-state index in [0.717, 1.165) is 24.1 Å². The third-order valence-electron chi connectivity index (χ3n) is 3.39. The van der Waals surface area contributed by atoms with Crippen LogP contribution in [0.15, 0.2) is 4.79 Å². The van der Waals surface area contributed by atoms with Gasteiger partial charge in [-0.3, -0.25) is 9.89 Å². The zero-order valence-electron chi connectivity index (χ0n) is 11.0. The first-order chi connectivity index (χ1) is 7.99. The first-order valence-corrected chi connectivity index (χ1v) is 6.44. The molecule has 2 atom stereocenters. The fourth-order valence-electron chi connectivity index (χ4n) is 2.43. The molecule has 2 heterocycles. The lowest BCUT2D eigenvalue weighted by Crippen LogP contribution is -2.32. The van der Waals surface area contributed by atoms with E-state index in [9.17, 15) is 4.79 Å². The molecule has 4 nitrogen and oxygen atoms in total. The van der Waals surface area contributed by atoms with Gasteiger partial charge < -0.3 is 9.84 Å². The number of rotatable bonds is 3. The normalized spacial score (nSPS) is 24.4. The highest BCUT2D eigenvalue weighted by atomic mass is 16.5. The van der Waals surface area contributed by atoms with Gasteiger partial charge in [-0.1, -0.05) is 27.7 Å². The van der Waals surface area contributed by atoms with Crippen molar-refractivity contribution in [1.82, 2.24) is 10.2 Å². The summed E-state index contributed by atoms with van der Waals surface area (Å²) in [4.78, 5) is 11.8. The van der Waals surface area contributed by atoms with E-state index in [2.05, 4.69) is 37.9 Å². The Bertz CT molecular complexity index is 431. The summed E-state index contributed by atoms with van der Waals surface area (Å²) in [5, 5.41) is 5.68. The summed E-state index contributed by atoms with van der Waals surface area (Å²) in [6.45, 7) is 8.63. The molecule has 2 rings (SSSR count). The number of aromatic nitrogens is 2. The number of H-pyrrole nitrogens is 2. The van der Waals surface area contributed by atoms with Gasteiger partial charge in [0.25, 0.3) is 5.56 Å². The first kappa shape index (κ1) is 12.4. The van der Waals surface area contributed by atoms with Crippen molar-refractivity contribution in [2.24, 2.45) is 11.8 Å². The highest BCUT2D eigenvalue weighted by Crippen LogP contribution is 2.33. The molecule has 17 heavy (non-hydrogen) atoms. The molecule has 1 aliphatic rings. The maximum absolute atomic E-state index is 11.8. The molecule has 4 heteroatoms. The number of nitrogens with one attached hydrogen (secondary N) is 2. The van der Waals surface area contributed by atoms with Gasteiger partial charge in [-0.25, -0.2) is 0 Å². The second kappa shape index (κ2) is 4.69. The Kier molecular flexibility index (Phi) is 3.43. The molecule has 1 aromatic rings. The molecule has 2 N–H and O–H groups in total. The van der Waals surface area contributed by atoms with Crippen molar-refractivity contribution in [3.8, 4) is 0 Å². The van der Waals surface area contributed by atoms with E-state index < -0.39 is 0 Å². The topological polar surface area (TPSA) is 57.9 Å². The smallest absolute Gasteiger partial charge is 0.269 e. The molecule has 0 amide bonds. The van der Waals surface area contributed by atoms with Gasteiger partial charge in [0.2, 0.25) is 0 Å². The van der Waals surface area contributed by atoms with Crippen LogP contribution in [-0.4, -0.2) is 16.3 Å². The summed E-state index contributed by atoms with van der Waals surface area (Å²) in [5.41, 5.74) is 1.83. The van der Waals surface area contributed by atoms with Gasteiger partial charge in [-0.15, -0.1) is 0 Å². The quantitative estimate of drug-likeness (QED) is 0.849. The van der Waals surface area contributed by atoms with Crippen LogP contribution < -0.4 is 5.56 Å². The number of ether oxygens (including phenoxy) is 1. The summed E-state index contributed by atoms with van der Waals surface area (Å²) >= 11 is 0. The van der Waals surface area contributed by atoms with Crippen LogP contribution in [0.3, 0.4) is 0 Å². The molecule has 0 aliphatic carbocycles. The van der Waals surface area contributed by atoms with E-state index in [0.29, 0.717) is 11.8 Å². The molecule has 0 saturated carbocycles. The van der Waals surface area contributed by atoms with E-state index >= 15 is 0 Å². The standard InChI is InChI=1S/C13H22N2O2/c1-7(2)5-11-12-9(14-15-13(12)16)6-10(17-11)8(3)4/h7-8,10-11H,5-6H2,1-4H3,(H2,14,15,16)/t10-,11-/m0/s1. The fraction of sp³-hybridized carbons (Fsp3) is 0.769. The molecule has 1 aliphatic heterocycles. The molecule has 1 aromatic heterocycles. The van der Waals surface area contributed by atoms with Gasteiger partial charge in [0.05, 0.1) is 17.8 Å². The second-order valence-corrected chi connectivity index (χ2v) is 5.71. The highest BCUT2D eigenvalue weighted by molar-refractivity contribution is 5.23. The average Bonchev–Trinajstić information content (AvgIpc) is 2.59. The summed E-state index contributed by atoms with van der Waals surface area (Å²) in [6, 6.07) is 0. The van der Waals surface area contributed by atoms with Crippen molar-refractivity contribution in [2.45, 2.75) is 52.7 Å². The van der Waals surface area contributed by atoms with Crippen LogP contribution in [0.4, 0.5) is 0 Å². The fourth-order valence-corrected chi connectivity index (χ4v) is 2.43. The minimum absolute atomic E-state index is 0.0205. The minimum atomic E-state index is -0.0545. The van der Waals surface area contributed by atoms with Crippen LogP contribution in [0.1, 0.15) is 51.5 Å². The van der Waals surface area contributed by atoms with Crippen LogP contribution in [0, 0.1) is 11.8 Å². The van der Waals surface area contributed by atoms with Crippen molar-refractivity contribution in [2.75, 3.05) is 0 Å². The SMILES string of the molecule is CC(C)C[C@@H]1O[C@H](C(C)C)Cc2[nH][nH]c(=O)c21. The minimum Gasteiger partial charge on any atom is -0.369 e. The van der Waals surface area contributed by atoms with E-state index in [1.807, 2.05) is 0 Å². The number of fused-ring (bicyclic) bond motifs is 1. The van der Waals surface area contributed by atoms with E-state index in [-0.39, 0.29) is 17.8 Å². The maximum atomic E-state index is 11.8. The molecule has 0 fully saturated rings. The second-order valence-electron chi connectivity index (χ2n) is 5.71. The number of hydrogen-bond donors (Lipinski definition) is 2. The lowest BCUT2D eigenvalue weighted by atomic mass is 9.91. The van der Waals surface area contributed by atoms with Gasteiger partial charge in [-0.05, 0) is 18.3 Å². The Morgan fingerprint density at radius 3 is 2.59 bits per heavy atom. The highest BCUT2D eigenvalue weighted by Gasteiger charge is 2.32. The maximum Gasteiger partial charge on any atom is 0.269 e. The van der Waals surface area contributed by atoms with Crippen LogP contribution in [-0.2, 0) is 11.2 Å². The van der Waals surface area contributed by atoms with Gasteiger partial charge in [-0.2, -0.15) is 0 Å². The molecule has 0 bridgehead atoms. The monoisotopic (exact) mass is 238 g/mol. The van der Waals surface area contributed by atoms with Gasteiger partial charge in [0.15, 0.2) is 0 Å². The van der Waals surface area contributed by atoms with E-state index in [1.54, 1.807) is 0 Å². The summed E-state index contributed by atoms with van der Waals surface area (Å²) < 4.78 is 6.08. The van der Waals surface area contributed by atoms with Crippen molar-refractivity contribution in [3.05, 3.63) is 21.6 Å². The lowest BCUT2D eigenvalue weighted by Gasteiger charge is -2.32. The van der Waals surface area contributed by atoms with E-state index in [4.69, 9.17) is 4.74 Å². The van der Waals surface area contributed by atoms with E-state index in [1.165, 1.54) is 0 Å². The predicted molar refractivity (Wildman–Crippen MR) is 67.0 cm³/mol. The summed E-state index contributed by atoms with van der Waals surface area (Å²) in [7, 11) is 0. The molecule has 0 unspecified atom stereocenters. The third-order valence-corrected chi connectivity index (χ3v) is 3.39. The Labute approximate surface area is 102 Å². The third kappa shape index (κ3) is 2.46. The first-order valence-electron chi connectivity index (χ1n) is 6.44. The molecule has 0 radical (unpaired) electrons. The van der Waals surface area contributed by atoms with Gasteiger partial charge in [0, 0.05) is 12.1 Å². The van der Waals surface area contributed by atoms with Crippen LogP contribution in [0.2, 0.25) is 0 Å². The molecule has 0 spiro atoms. The summed E-state index contributed by atoms with van der Waals surface area (Å²) in [6.07, 6.45) is 1.86. The van der Waals surface area contributed by atoms with Gasteiger partial charge >= 0.3 is 0 Å². The zero-order valence-corrected chi connectivity index (χ0v) is 11.0. The summed E-state index contributed by atoms with van der Waals surface area (Å²) in [5.74, 6) is 0.990. The van der Waals surface area contributed by atoms with Crippen LogP contribution in [0.5, 0.6) is 0 Å². The van der Waals surface area contributed by atoms with Crippen LogP contribution in [0.25, 0.3) is 0 Å². The van der Waals surface area contributed by atoms with Gasteiger partial charge in [0.1, 0.15) is 0 Å². The number of hydrogen-bond acceptors (Lipinski definition) is 2. The Balaban J connectivity index is 2.30. The molecular formula is C13H22N2O2. The number of aromatic amines is 2. The largest absolute Gasteiger partial charge is 0.369 e. The zero-order chi connectivity index (χ0) is 12.6. The average molecular weight is 238 g/mol. The Hall–Kier alpha value is -1.03. The Morgan fingerprint density at radius 2 is 2.00 bits per heavy atom. The predicted octanol–water partition coefficient (Wildman–Crippen LogP) is 2.39. The molecule has 0 saturated heterocycles. The molecular weight excluding hydrogens is 216 g/mol. The Morgan fingerprint density at radius 1 is 1.29 bits per heavy atom. The van der Waals surface area contributed by atoms with Crippen molar-refractivity contribution < 1.29 is 4.74 Å². The van der Waals surface area contributed by atoms with Crippen molar-refractivity contribution in [1.29, 1.82) is 0 Å². The van der Waals surface area contributed by atoms with Crippen molar-refractivity contribution in [3.63, 3.8) is 0 Å².